The summed E-state index contributed by atoms with van der Waals surface area (Å²) < 4.78 is 12.1. The third-order valence-corrected chi connectivity index (χ3v) is 4.64. The van der Waals surface area contributed by atoms with E-state index in [9.17, 15) is 0 Å². The Balaban J connectivity index is 1.87. The molecule has 1 aliphatic carbocycles. The Kier molecular flexibility index (Phi) is 2.65. The van der Waals surface area contributed by atoms with E-state index < -0.39 is 0 Å². The minimum absolute atomic E-state index is 0.249. The van der Waals surface area contributed by atoms with Gasteiger partial charge in [0.15, 0.2) is 0 Å². The maximum Gasteiger partial charge on any atom is 0.512 e. The fraction of sp³-hybridized carbons (Fsp3) is 0.714. The molecule has 18 heavy (non-hydrogen) atoms. The van der Waals surface area contributed by atoms with Gasteiger partial charge in [0.05, 0.1) is 11.2 Å². The molecule has 0 amide bonds. The summed E-state index contributed by atoms with van der Waals surface area (Å²) in [6.07, 6.45) is 4.93. The molecule has 1 N–H and O–H groups in total. The Morgan fingerprint density at radius 2 is 1.67 bits per heavy atom. The summed E-state index contributed by atoms with van der Waals surface area (Å²) in [5.74, 6) is 0. The van der Waals surface area contributed by atoms with Crippen molar-refractivity contribution in [1.29, 1.82) is 0 Å². The first-order valence-electron chi connectivity index (χ1n) is 6.95. The van der Waals surface area contributed by atoms with Gasteiger partial charge in [-0.2, -0.15) is 0 Å². The van der Waals surface area contributed by atoms with Crippen LogP contribution in [0.4, 0.5) is 0 Å². The largest absolute Gasteiger partial charge is 0.512 e. The number of aryl methyl sites for hydroxylation is 2. The van der Waals surface area contributed by atoms with Crippen molar-refractivity contribution in [1.82, 2.24) is 4.98 Å². The molecule has 2 aliphatic rings. The fourth-order valence-electron chi connectivity index (χ4n) is 2.73. The van der Waals surface area contributed by atoms with Gasteiger partial charge in [-0.3, -0.25) is 0 Å². The summed E-state index contributed by atoms with van der Waals surface area (Å²) in [7, 11) is -0.249. The summed E-state index contributed by atoms with van der Waals surface area (Å²) in [6, 6.07) is 2.23. The van der Waals surface area contributed by atoms with Crippen LogP contribution in [0, 0.1) is 0 Å². The lowest BCUT2D eigenvalue weighted by atomic mass is 9.84. The monoisotopic (exact) mass is 247 g/mol. The van der Waals surface area contributed by atoms with E-state index in [2.05, 4.69) is 38.7 Å². The van der Waals surface area contributed by atoms with Gasteiger partial charge >= 0.3 is 7.12 Å². The molecule has 1 aromatic rings. The van der Waals surface area contributed by atoms with Crippen molar-refractivity contribution >= 4 is 12.7 Å². The van der Waals surface area contributed by atoms with Gasteiger partial charge in [0.25, 0.3) is 0 Å². The number of H-pyrrole nitrogens is 1. The van der Waals surface area contributed by atoms with Crippen LogP contribution in [0.1, 0.15) is 51.8 Å². The van der Waals surface area contributed by atoms with E-state index in [1.165, 1.54) is 30.5 Å². The Morgan fingerprint density at radius 3 is 2.28 bits per heavy atom. The van der Waals surface area contributed by atoms with Crippen molar-refractivity contribution in [3.05, 3.63) is 17.3 Å². The molecular formula is C14H22BNO2. The second kappa shape index (κ2) is 3.88. The number of aromatic amines is 1. The Bertz CT molecular complexity index is 425. The summed E-state index contributed by atoms with van der Waals surface area (Å²) in [6.45, 7) is 8.37. The maximum atomic E-state index is 6.07. The highest BCUT2D eigenvalue weighted by Gasteiger charge is 2.52. The molecule has 1 saturated heterocycles. The van der Waals surface area contributed by atoms with Gasteiger partial charge in [-0.15, -0.1) is 0 Å². The number of hydrogen-bond donors (Lipinski definition) is 1. The molecule has 1 aliphatic heterocycles. The lowest BCUT2D eigenvalue weighted by molar-refractivity contribution is 0.00578. The number of fused-ring (bicyclic) bond motifs is 1. The van der Waals surface area contributed by atoms with E-state index in [4.69, 9.17) is 9.31 Å². The van der Waals surface area contributed by atoms with Gasteiger partial charge in [0.1, 0.15) is 0 Å². The standard InChI is InChI=1S/C14H22BNO2/c1-13(2)14(3,4)18-15(17-13)12-9-10-7-5-6-8-11(10)16-12/h9,16H,5-8H2,1-4H3. The molecule has 3 rings (SSSR count). The number of aromatic nitrogens is 1. The van der Waals surface area contributed by atoms with E-state index in [1.54, 1.807) is 0 Å². The topological polar surface area (TPSA) is 34.2 Å². The summed E-state index contributed by atoms with van der Waals surface area (Å²) in [4.78, 5) is 3.50. The Hall–Kier alpha value is -0.735. The molecule has 0 saturated carbocycles. The molecular weight excluding hydrogens is 225 g/mol. The molecule has 3 nitrogen and oxygen atoms in total. The molecule has 0 spiro atoms. The van der Waals surface area contributed by atoms with Crippen molar-refractivity contribution in [3.8, 4) is 0 Å². The molecule has 0 aromatic carbocycles. The van der Waals surface area contributed by atoms with E-state index in [1.807, 2.05) is 0 Å². The van der Waals surface area contributed by atoms with E-state index in [-0.39, 0.29) is 18.3 Å². The highest BCUT2D eigenvalue weighted by Crippen LogP contribution is 2.36. The molecule has 1 fully saturated rings. The maximum absolute atomic E-state index is 6.07. The first kappa shape index (κ1) is 12.3. The minimum Gasteiger partial charge on any atom is -0.398 e. The molecule has 98 valence electrons. The zero-order chi connectivity index (χ0) is 13.0. The van der Waals surface area contributed by atoms with Crippen LogP contribution in [-0.2, 0) is 22.2 Å². The fourth-order valence-corrected chi connectivity index (χ4v) is 2.73. The lowest BCUT2D eigenvalue weighted by Crippen LogP contribution is -2.41. The van der Waals surface area contributed by atoms with Crippen LogP contribution in [0.3, 0.4) is 0 Å². The van der Waals surface area contributed by atoms with E-state index >= 15 is 0 Å². The quantitative estimate of drug-likeness (QED) is 0.772. The van der Waals surface area contributed by atoms with Crippen LogP contribution in [-0.4, -0.2) is 23.3 Å². The van der Waals surface area contributed by atoms with Crippen LogP contribution >= 0.6 is 0 Å². The zero-order valence-electron chi connectivity index (χ0n) is 11.8. The molecule has 4 heteroatoms. The predicted octanol–water partition coefficient (Wildman–Crippen LogP) is 2.19. The number of nitrogens with one attached hydrogen (secondary N) is 1. The van der Waals surface area contributed by atoms with Gasteiger partial charge in [0.2, 0.25) is 0 Å². The predicted molar refractivity (Wildman–Crippen MR) is 73.2 cm³/mol. The molecule has 2 heterocycles. The van der Waals surface area contributed by atoms with Gasteiger partial charge in [0, 0.05) is 11.3 Å². The molecule has 1 aromatic heterocycles. The van der Waals surface area contributed by atoms with Gasteiger partial charge < -0.3 is 14.3 Å². The second-order valence-corrected chi connectivity index (χ2v) is 6.52. The molecule has 0 atom stereocenters. The Morgan fingerprint density at radius 1 is 1.06 bits per heavy atom. The normalized spacial score (nSPS) is 25.2. The number of hydrogen-bond acceptors (Lipinski definition) is 2. The van der Waals surface area contributed by atoms with Crippen LogP contribution in [0.2, 0.25) is 0 Å². The van der Waals surface area contributed by atoms with Crippen molar-refractivity contribution in [3.63, 3.8) is 0 Å². The van der Waals surface area contributed by atoms with Crippen molar-refractivity contribution in [2.45, 2.75) is 64.6 Å². The summed E-state index contributed by atoms with van der Waals surface area (Å²) in [5.41, 5.74) is 3.39. The van der Waals surface area contributed by atoms with Crippen LogP contribution in [0.5, 0.6) is 0 Å². The van der Waals surface area contributed by atoms with E-state index in [0.29, 0.717) is 0 Å². The van der Waals surface area contributed by atoms with E-state index in [0.717, 1.165) is 12.0 Å². The third kappa shape index (κ3) is 1.82. The SMILES string of the molecule is CC1(C)OB(c2cc3c([nH]2)CCCC3)OC1(C)C. The highest BCUT2D eigenvalue weighted by atomic mass is 16.7. The average molecular weight is 247 g/mol. The first-order chi connectivity index (χ1) is 8.39. The van der Waals surface area contributed by atoms with Gasteiger partial charge in [-0.1, -0.05) is 0 Å². The van der Waals surface area contributed by atoms with Crippen LogP contribution < -0.4 is 5.59 Å². The van der Waals surface area contributed by atoms with Crippen molar-refractivity contribution in [2.24, 2.45) is 0 Å². The molecule has 0 radical (unpaired) electrons. The second-order valence-electron chi connectivity index (χ2n) is 6.52. The summed E-state index contributed by atoms with van der Waals surface area (Å²) >= 11 is 0. The number of rotatable bonds is 1. The first-order valence-corrected chi connectivity index (χ1v) is 6.95. The van der Waals surface area contributed by atoms with Crippen LogP contribution in [0.25, 0.3) is 0 Å². The van der Waals surface area contributed by atoms with Crippen LogP contribution in [0.15, 0.2) is 6.07 Å². The molecule has 0 unspecified atom stereocenters. The van der Waals surface area contributed by atoms with Crippen molar-refractivity contribution < 1.29 is 9.31 Å². The lowest BCUT2D eigenvalue weighted by Gasteiger charge is -2.32. The summed E-state index contributed by atoms with van der Waals surface area (Å²) in [5, 5.41) is 0. The third-order valence-electron chi connectivity index (χ3n) is 4.64. The zero-order valence-corrected chi connectivity index (χ0v) is 11.8. The smallest absolute Gasteiger partial charge is 0.398 e. The van der Waals surface area contributed by atoms with Gasteiger partial charge in [-0.25, -0.2) is 0 Å². The highest BCUT2D eigenvalue weighted by molar-refractivity contribution is 6.61. The Labute approximate surface area is 109 Å². The average Bonchev–Trinajstić information content (AvgIpc) is 2.78. The minimum atomic E-state index is -0.261. The molecule has 0 bridgehead atoms. The van der Waals surface area contributed by atoms with Crippen molar-refractivity contribution in [2.75, 3.05) is 0 Å². The van der Waals surface area contributed by atoms with Gasteiger partial charge in [-0.05, 0) is 65.0 Å².